The Labute approximate surface area is 155 Å². The summed E-state index contributed by atoms with van der Waals surface area (Å²) in [7, 11) is 0. The molecule has 1 heterocycles. The number of ether oxygens (including phenoxy) is 1. The van der Waals surface area contributed by atoms with E-state index in [1.807, 2.05) is 35.2 Å². The Morgan fingerprint density at radius 2 is 1.85 bits per heavy atom. The summed E-state index contributed by atoms with van der Waals surface area (Å²) in [5.41, 5.74) is 2.42. The zero-order valence-corrected chi connectivity index (χ0v) is 15.1. The molecule has 136 valence electrons. The fourth-order valence-corrected chi connectivity index (χ4v) is 3.69. The second-order valence-electron chi connectivity index (χ2n) is 7.22. The highest BCUT2D eigenvalue weighted by molar-refractivity contribution is 5.83. The lowest BCUT2D eigenvalue weighted by Gasteiger charge is -2.20. The minimum Gasteiger partial charge on any atom is -0.489 e. The summed E-state index contributed by atoms with van der Waals surface area (Å²) in [5.74, 6) is 1.76. The van der Waals surface area contributed by atoms with E-state index in [1.54, 1.807) is 0 Å². The minimum atomic E-state index is 0.171. The van der Waals surface area contributed by atoms with Crippen LogP contribution in [0, 0.1) is 5.92 Å². The summed E-state index contributed by atoms with van der Waals surface area (Å²) in [6.45, 7) is 4.24. The van der Waals surface area contributed by atoms with Crippen molar-refractivity contribution in [2.45, 2.75) is 25.4 Å². The molecule has 4 rings (SSSR count). The van der Waals surface area contributed by atoms with Gasteiger partial charge in [-0.3, -0.25) is 4.79 Å². The number of hydrogen-bond donors (Lipinski definition) is 1. The van der Waals surface area contributed by atoms with E-state index in [1.165, 1.54) is 5.56 Å². The molecular weight excluding hydrogens is 324 g/mol. The smallest absolute Gasteiger partial charge is 0.226 e. The third-order valence-electron chi connectivity index (χ3n) is 5.32. The highest BCUT2D eigenvalue weighted by Gasteiger charge is 2.45. The first kappa shape index (κ1) is 17.1. The molecule has 1 amide bonds. The maximum absolute atomic E-state index is 12.7. The first-order chi connectivity index (χ1) is 12.8. The zero-order chi connectivity index (χ0) is 17.8. The van der Waals surface area contributed by atoms with E-state index in [0.717, 1.165) is 50.3 Å². The molecule has 0 spiro atoms. The molecule has 26 heavy (non-hydrogen) atoms. The number of carbonyl (C=O) groups is 1. The summed E-state index contributed by atoms with van der Waals surface area (Å²) < 4.78 is 5.85. The molecule has 2 unspecified atom stereocenters. The van der Waals surface area contributed by atoms with Gasteiger partial charge in [0, 0.05) is 25.6 Å². The Bertz CT molecular complexity index is 722. The topological polar surface area (TPSA) is 41.6 Å². The van der Waals surface area contributed by atoms with E-state index < -0.39 is 0 Å². The van der Waals surface area contributed by atoms with Gasteiger partial charge in [-0.15, -0.1) is 0 Å². The molecule has 1 aliphatic heterocycles. The van der Waals surface area contributed by atoms with E-state index in [9.17, 15) is 4.79 Å². The fraction of sp³-hybridized carbons (Fsp3) is 0.409. The van der Waals surface area contributed by atoms with Crippen molar-refractivity contribution in [2.24, 2.45) is 5.92 Å². The number of nitrogens with one attached hydrogen (secondary N) is 1. The maximum atomic E-state index is 12.7. The number of carbonyl (C=O) groups excluding carboxylic acids is 1. The van der Waals surface area contributed by atoms with Gasteiger partial charge in [-0.05, 0) is 48.6 Å². The molecule has 1 saturated carbocycles. The molecule has 2 aliphatic rings. The summed E-state index contributed by atoms with van der Waals surface area (Å²) >= 11 is 0. The van der Waals surface area contributed by atoms with E-state index in [2.05, 4.69) is 29.6 Å². The first-order valence-electron chi connectivity index (χ1n) is 9.57. The van der Waals surface area contributed by atoms with E-state index in [0.29, 0.717) is 18.4 Å². The van der Waals surface area contributed by atoms with Crippen molar-refractivity contribution in [3.8, 4) is 5.75 Å². The quantitative estimate of drug-likeness (QED) is 0.900. The Kier molecular flexibility index (Phi) is 5.21. The average Bonchev–Trinajstić information content (AvgIpc) is 3.51. The third-order valence-corrected chi connectivity index (χ3v) is 5.32. The van der Waals surface area contributed by atoms with Crippen LogP contribution in [0.1, 0.15) is 29.9 Å². The van der Waals surface area contributed by atoms with E-state index >= 15 is 0 Å². The number of rotatable bonds is 5. The van der Waals surface area contributed by atoms with Crippen LogP contribution in [0.2, 0.25) is 0 Å². The molecule has 1 saturated heterocycles. The first-order valence-corrected chi connectivity index (χ1v) is 9.57. The van der Waals surface area contributed by atoms with E-state index in [-0.39, 0.29) is 5.92 Å². The van der Waals surface area contributed by atoms with Crippen LogP contribution in [0.5, 0.6) is 5.75 Å². The zero-order valence-electron chi connectivity index (χ0n) is 15.1. The molecule has 0 bridgehead atoms. The lowest BCUT2D eigenvalue weighted by molar-refractivity contribution is -0.132. The summed E-state index contributed by atoms with van der Waals surface area (Å²) in [5, 5.41) is 3.36. The molecule has 1 N–H and O–H groups in total. The van der Waals surface area contributed by atoms with Gasteiger partial charge in [-0.2, -0.15) is 0 Å². The van der Waals surface area contributed by atoms with Crippen molar-refractivity contribution in [3.05, 3.63) is 65.7 Å². The number of nitrogens with zero attached hydrogens (tertiary/aromatic N) is 1. The molecule has 2 aromatic rings. The van der Waals surface area contributed by atoms with Gasteiger partial charge in [0.15, 0.2) is 0 Å². The molecule has 0 aromatic heterocycles. The molecule has 2 atom stereocenters. The van der Waals surface area contributed by atoms with Crippen molar-refractivity contribution < 1.29 is 9.53 Å². The second kappa shape index (κ2) is 7.92. The molecule has 4 heteroatoms. The largest absolute Gasteiger partial charge is 0.489 e. The van der Waals surface area contributed by atoms with Crippen LogP contribution in [-0.2, 0) is 11.4 Å². The van der Waals surface area contributed by atoms with Crippen LogP contribution in [0.15, 0.2) is 54.6 Å². The van der Waals surface area contributed by atoms with Crippen molar-refractivity contribution in [1.82, 2.24) is 10.2 Å². The van der Waals surface area contributed by atoms with Gasteiger partial charge in [0.25, 0.3) is 0 Å². The predicted octanol–water partition coefficient (Wildman–Crippen LogP) is 3.19. The van der Waals surface area contributed by atoms with Crippen molar-refractivity contribution in [3.63, 3.8) is 0 Å². The van der Waals surface area contributed by atoms with Gasteiger partial charge < -0.3 is 15.0 Å². The maximum Gasteiger partial charge on any atom is 0.226 e. The Balaban J connectivity index is 1.31. The van der Waals surface area contributed by atoms with Gasteiger partial charge in [0.05, 0.1) is 0 Å². The predicted molar refractivity (Wildman–Crippen MR) is 102 cm³/mol. The molecule has 0 radical (unpaired) electrons. The van der Waals surface area contributed by atoms with Crippen LogP contribution in [0.25, 0.3) is 0 Å². The highest BCUT2D eigenvalue weighted by atomic mass is 16.5. The SMILES string of the molecule is O=C(C1CC1c1ccc(OCc2ccccc2)cc1)N1CCCNCC1. The minimum absolute atomic E-state index is 0.171. The molecular formula is C22H26N2O2. The summed E-state index contributed by atoms with van der Waals surface area (Å²) in [6.07, 6.45) is 2.03. The van der Waals surface area contributed by atoms with Gasteiger partial charge in [0.2, 0.25) is 5.91 Å². The van der Waals surface area contributed by atoms with Crippen LogP contribution in [0.3, 0.4) is 0 Å². The lowest BCUT2D eigenvalue weighted by Crippen LogP contribution is -2.35. The fourth-order valence-electron chi connectivity index (χ4n) is 3.69. The third kappa shape index (κ3) is 4.07. The molecule has 2 fully saturated rings. The highest BCUT2D eigenvalue weighted by Crippen LogP contribution is 2.48. The van der Waals surface area contributed by atoms with Crippen molar-refractivity contribution in [1.29, 1.82) is 0 Å². The monoisotopic (exact) mass is 350 g/mol. The average molecular weight is 350 g/mol. The second-order valence-corrected chi connectivity index (χ2v) is 7.22. The molecule has 1 aliphatic carbocycles. The van der Waals surface area contributed by atoms with Gasteiger partial charge >= 0.3 is 0 Å². The van der Waals surface area contributed by atoms with Crippen LogP contribution in [0.4, 0.5) is 0 Å². The van der Waals surface area contributed by atoms with Crippen LogP contribution < -0.4 is 10.1 Å². The lowest BCUT2D eigenvalue weighted by atomic mass is 10.1. The summed E-state index contributed by atoms with van der Waals surface area (Å²) in [6, 6.07) is 18.4. The van der Waals surface area contributed by atoms with E-state index in [4.69, 9.17) is 4.74 Å². The van der Waals surface area contributed by atoms with Gasteiger partial charge in [0.1, 0.15) is 12.4 Å². The normalized spacial score (nSPS) is 22.5. The Morgan fingerprint density at radius 1 is 1.04 bits per heavy atom. The number of hydrogen-bond acceptors (Lipinski definition) is 3. The van der Waals surface area contributed by atoms with Gasteiger partial charge in [-0.1, -0.05) is 42.5 Å². The standard InChI is InChI=1S/C22H26N2O2/c25-22(24-13-4-11-23-12-14-24)21-15-20(21)18-7-9-19(10-8-18)26-16-17-5-2-1-3-6-17/h1-3,5-10,20-21,23H,4,11-16H2. The van der Waals surface area contributed by atoms with Crippen LogP contribution >= 0.6 is 0 Å². The number of amides is 1. The number of benzene rings is 2. The molecule has 4 nitrogen and oxygen atoms in total. The summed E-state index contributed by atoms with van der Waals surface area (Å²) in [4.78, 5) is 14.7. The van der Waals surface area contributed by atoms with Crippen molar-refractivity contribution >= 4 is 5.91 Å². The van der Waals surface area contributed by atoms with Gasteiger partial charge in [-0.25, -0.2) is 0 Å². The van der Waals surface area contributed by atoms with Crippen LogP contribution in [-0.4, -0.2) is 37.0 Å². The molecule has 2 aromatic carbocycles. The Morgan fingerprint density at radius 3 is 2.65 bits per heavy atom. The Hall–Kier alpha value is -2.33. The van der Waals surface area contributed by atoms with Crippen molar-refractivity contribution in [2.75, 3.05) is 26.2 Å².